The lowest BCUT2D eigenvalue weighted by Gasteiger charge is -2.05. The largest absolute Gasteiger partial charge is 0.370 e. The number of rotatable bonds is 5. The van der Waals surface area contributed by atoms with Gasteiger partial charge >= 0.3 is 0 Å². The monoisotopic (exact) mass is 417 g/mol. The van der Waals surface area contributed by atoms with Crippen LogP contribution in [0.5, 0.6) is 0 Å². The number of nitrogens with one attached hydrogen (secondary N) is 1. The molecule has 0 atom stereocenters. The van der Waals surface area contributed by atoms with E-state index < -0.39 is 0 Å². The number of nitrogens with zero attached hydrogens (tertiary/aromatic N) is 3. The van der Waals surface area contributed by atoms with Gasteiger partial charge in [0.25, 0.3) is 0 Å². The first kappa shape index (κ1) is 17.6. The standard InChI is InChI=1S/C14H16ClN5.HI/c15-13-5-4-11(9-19-13)10-20-14(16)18-8-6-12-3-1-2-7-17-12;/h1-5,7,9H,6,8,10H2,(H3,16,18,20);1H. The molecule has 0 radical (unpaired) electrons. The molecule has 0 saturated heterocycles. The summed E-state index contributed by atoms with van der Waals surface area (Å²) in [7, 11) is 0. The fraction of sp³-hybridized carbons (Fsp3) is 0.214. The minimum absolute atomic E-state index is 0. The van der Waals surface area contributed by atoms with Crippen LogP contribution in [0.2, 0.25) is 5.15 Å². The molecule has 2 aromatic heterocycles. The highest BCUT2D eigenvalue weighted by molar-refractivity contribution is 14.0. The molecule has 112 valence electrons. The van der Waals surface area contributed by atoms with Crippen LogP contribution in [-0.2, 0) is 13.0 Å². The third kappa shape index (κ3) is 6.72. The summed E-state index contributed by atoms with van der Waals surface area (Å²) in [4.78, 5) is 12.5. The highest BCUT2D eigenvalue weighted by Gasteiger charge is 1.96. The second kappa shape index (κ2) is 9.51. The Hall–Kier alpha value is -1.41. The van der Waals surface area contributed by atoms with Crippen LogP contribution in [0.1, 0.15) is 11.3 Å². The summed E-state index contributed by atoms with van der Waals surface area (Å²) in [6.07, 6.45) is 4.27. The molecule has 0 spiro atoms. The number of aromatic nitrogens is 2. The van der Waals surface area contributed by atoms with E-state index in [1.807, 2.05) is 24.3 Å². The molecule has 2 aromatic rings. The van der Waals surface area contributed by atoms with Gasteiger partial charge in [-0.2, -0.15) is 0 Å². The van der Waals surface area contributed by atoms with Crippen molar-refractivity contribution in [3.63, 3.8) is 0 Å². The molecule has 0 fully saturated rings. The van der Waals surface area contributed by atoms with Crippen molar-refractivity contribution in [2.45, 2.75) is 13.0 Å². The van der Waals surface area contributed by atoms with Crippen molar-refractivity contribution >= 4 is 41.5 Å². The Morgan fingerprint density at radius 2 is 2.10 bits per heavy atom. The third-order valence-electron chi connectivity index (χ3n) is 2.63. The van der Waals surface area contributed by atoms with Crippen molar-refractivity contribution in [1.29, 1.82) is 0 Å². The topological polar surface area (TPSA) is 76.2 Å². The Morgan fingerprint density at radius 1 is 1.24 bits per heavy atom. The van der Waals surface area contributed by atoms with E-state index in [-0.39, 0.29) is 24.0 Å². The van der Waals surface area contributed by atoms with E-state index >= 15 is 0 Å². The Labute approximate surface area is 146 Å². The predicted octanol–water partition coefficient (Wildman–Crippen LogP) is 2.40. The van der Waals surface area contributed by atoms with E-state index in [0.29, 0.717) is 24.2 Å². The maximum atomic E-state index is 5.79. The van der Waals surface area contributed by atoms with Crippen molar-refractivity contribution in [2.24, 2.45) is 10.7 Å². The molecule has 0 aliphatic rings. The Morgan fingerprint density at radius 3 is 2.76 bits per heavy atom. The van der Waals surface area contributed by atoms with Crippen LogP contribution in [0.25, 0.3) is 0 Å². The quantitative estimate of drug-likeness (QED) is 0.339. The average molecular weight is 418 g/mol. The Bertz CT molecular complexity index is 559. The van der Waals surface area contributed by atoms with E-state index in [0.717, 1.165) is 17.7 Å². The highest BCUT2D eigenvalue weighted by atomic mass is 127. The maximum absolute atomic E-state index is 5.79. The lowest BCUT2D eigenvalue weighted by Crippen LogP contribution is -2.33. The molecule has 0 aromatic carbocycles. The second-order valence-corrected chi connectivity index (χ2v) is 4.58. The molecule has 0 aliphatic carbocycles. The maximum Gasteiger partial charge on any atom is 0.188 e. The fourth-order valence-corrected chi connectivity index (χ4v) is 1.71. The van der Waals surface area contributed by atoms with E-state index in [2.05, 4.69) is 20.3 Å². The lowest BCUT2D eigenvalue weighted by atomic mass is 10.3. The van der Waals surface area contributed by atoms with Gasteiger partial charge in [0.05, 0.1) is 6.54 Å². The van der Waals surface area contributed by atoms with Crippen molar-refractivity contribution in [1.82, 2.24) is 15.3 Å². The van der Waals surface area contributed by atoms with Crippen molar-refractivity contribution in [3.05, 3.63) is 59.1 Å². The molecule has 0 unspecified atom stereocenters. The number of guanidine groups is 1. The van der Waals surface area contributed by atoms with Crippen LogP contribution in [-0.4, -0.2) is 22.5 Å². The first-order valence-corrected chi connectivity index (χ1v) is 6.66. The second-order valence-electron chi connectivity index (χ2n) is 4.19. The summed E-state index contributed by atoms with van der Waals surface area (Å²) in [6, 6.07) is 9.45. The van der Waals surface area contributed by atoms with Crippen LogP contribution < -0.4 is 11.1 Å². The van der Waals surface area contributed by atoms with Gasteiger partial charge in [0.2, 0.25) is 0 Å². The SMILES string of the molecule is I.NC(=NCc1ccc(Cl)nc1)NCCc1ccccn1. The molecule has 7 heteroatoms. The number of halogens is 2. The predicted molar refractivity (Wildman–Crippen MR) is 95.9 cm³/mol. The van der Waals surface area contributed by atoms with Gasteiger partial charge in [0, 0.05) is 31.1 Å². The number of nitrogens with two attached hydrogens (primary N) is 1. The van der Waals surface area contributed by atoms with Crippen LogP contribution in [0.15, 0.2) is 47.7 Å². The average Bonchev–Trinajstić information content (AvgIpc) is 2.48. The fourth-order valence-electron chi connectivity index (χ4n) is 1.60. The summed E-state index contributed by atoms with van der Waals surface area (Å²) in [5.74, 6) is 0.413. The third-order valence-corrected chi connectivity index (χ3v) is 2.86. The van der Waals surface area contributed by atoms with E-state index in [9.17, 15) is 0 Å². The van der Waals surface area contributed by atoms with Gasteiger partial charge in [-0.15, -0.1) is 24.0 Å². The van der Waals surface area contributed by atoms with Crippen LogP contribution >= 0.6 is 35.6 Å². The van der Waals surface area contributed by atoms with Gasteiger partial charge in [-0.3, -0.25) is 4.98 Å². The Balaban J connectivity index is 0.00000220. The normalized spacial score (nSPS) is 10.8. The van der Waals surface area contributed by atoms with Crippen LogP contribution in [0.3, 0.4) is 0 Å². The summed E-state index contributed by atoms with van der Waals surface area (Å²) in [5.41, 5.74) is 7.77. The zero-order valence-electron chi connectivity index (χ0n) is 11.4. The zero-order valence-corrected chi connectivity index (χ0v) is 14.5. The highest BCUT2D eigenvalue weighted by Crippen LogP contribution is 2.05. The molecule has 0 bridgehead atoms. The molecule has 0 saturated carbocycles. The summed E-state index contributed by atoms with van der Waals surface area (Å²) in [6.45, 7) is 1.18. The summed E-state index contributed by atoms with van der Waals surface area (Å²) >= 11 is 5.71. The van der Waals surface area contributed by atoms with Crippen molar-refractivity contribution in [3.8, 4) is 0 Å². The first-order valence-electron chi connectivity index (χ1n) is 6.28. The van der Waals surface area contributed by atoms with Crippen molar-refractivity contribution < 1.29 is 0 Å². The lowest BCUT2D eigenvalue weighted by molar-refractivity contribution is 0.827. The molecular weight excluding hydrogens is 401 g/mol. The Kier molecular flexibility index (Phi) is 7.99. The first-order chi connectivity index (χ1) is 9.74. The van der Waals surface area contributed by atoms with Gasteiger partial charge < -0.3 is 11.1 Å². The van der Waals surface area contributed by atoms with Gasteiger partial charge in [0.1, 0.15) is 5.15 Å². The summed E-state index contributed by atoms with van der Waals surface area (Å²) < 4.78 is 0. The van der Waals surface area contributed by atoms with Crippen molar-refractivity contribution in [2.75, 3.05) is 6.54 Å². The molecule has 3 N–H and O–H groups in total. The molecule has 0 amide bonds. The van der Waals surface area contributed by atoms with Gasteiger partial charge in [-0.05, 0) is 23.8 Å². The minimum Gasteiger partial charge on any atom is -0.370 e. The van der Waals surface area contributed by atoms with E-state index in [1.165, 1.54) is 0 Å². The zero-order chi connectivity index (χ0) is 14.2. The number of aliphatic imine (C=N–C) groups is 1. The number of pyridine rings is 2. The minimum atomic E-state index is 0. The molecule has 2 heterocycles. The van der Waals surface area contributed by atoms with Gasteiger partial charge in [0.15, 0.2) is 5.96 Å². The molecular formula is C14H17ClIN5. The van der Waals surface area contributed by atoms with Gasteiger partial charge in [-0.25, -0.2) is 9.98 Å². The molecule has 5 nitrogen and oxygen atoms in total. The summed E-state index contributed by atoms with van der Waals surface area (Å²) in [5, 5.41) is 3.53. The van der Waals surface area contributed by atoms with E-state index in [1.54, 1.807) is 18.5 Å². The molecule has 2 rings (SSSR count). The van der Waals surface area contributed by atoms with Crippen LogP contribution in [0.4, 0.5) is 0 Å². The number of hydrogen-bond acceptors (Lipinski definition) is 3. The molecule has 21 heavy (non-hydrogen) atoms. The smallest absolute Gasteiger partial charge is 0.188 e. The van der Waals surface area contributed by atoms with Gasteiger partial charge in [-0.1, -0.05) is 23.7 Å². The van der Waals surface area contributed by atoms with Crippen LogP contribution in [0, 0.1) is 0 Å². The number of hydrogen-bond donors (Lipinski definition) is 2. The van der Waals surface area contributed by atoms with E-state index in [4.69, 9.17) is 17.3 Å². The molecule has 0 aliphatic heterocycles.